The van der Waals surface area contributed by atoms with Crippen molar-refractivity contribution in [2.24, 2.45) is 10.9 Å². The van der Waals surface area contributed by atoms with E-state index < -0.39 is 0 Å². The van der Waals surface area contributed by atoms with Gasteiger partial charge in [-0.05, 0) is 25.3 Å². The molecule has 1 aromatic carbocycles. The molecular weight excluding hydrogens is 374 g/mol. The van der Waals surface area contributed by atoms with Crippen LogP contribution < -0.4 is 10.6 Å². The van der Waals surface area contributed by atoms with Crippen LogP contribution in [-0.2, 0) is 0 Å². The molecule has 0 aliphatic carbocycles. The zero-order chi connectivity index (χ0) is 21.1. The van der Waals surface area contributed by atoms with E-state index in [1.807, 2.05) is 25.1 Å². The van der Waals surface area contributed by atoms with Gasteiger partial charge in [-0.15, -0.1) is 0 Å². The number of nitriles is 1. The van der Waals surface area contributed by atoms with Crippen LogP contribution in [0.15, 0.2) is 48.0 Å². The summed E-state index contributed by atoms with van der Waals surface area (Å²) in [5, 5.41) is 9.14. The Morgan fingerprint density at radius 3 is 2.73 bits per heavy atom. The van der Waals surface area contributed by atoms with E-state index in [0.29, 0.717) is 5.92 Å². The number of anilines is 2. The fraction of sp³-hybridized carbons (Fsp3) is 0.391. The highest BCUT2D eigenvalue weighted by Gasteiger charge is 2.34. The summed E-state index contributed by atoms with van der Waals surface area (Å²) in [5.41, 5.74) is 9.86. The number of aromatic nitrogens is 2. The number of para-hydroxylation sites is 1. The number of rotatable bonds is 5. The van der Waals surface area contributed by atoms with Crippen LogP contribution in [-0.4, -0.2) is 47.3 Å². The highest BCUT2D eigenvalue weighted by Crippen LogP contribution is 2.34. The number of nitrogens with two attached hydrogens (primary N) is 1. The molecule has 2 aliphatic heterocycles. The first-order chi connectivity index (χ1) is 14.6. The zero-order valence-corrected chi connectivity index (χ0v) is 17.3. The largest absolute Gasteiger partial charge is 0.398 e. The second-order valence-electron chi connectivity index (χ2n) is 8.01. The molecule has 7 nitrogen and oxygen atoms in total. The normalized spacial score (nSPS) is 17.7. The highest BCUT2D eigenvalue weighted by molar-refractivity contribution is 5.88. The van der Waals surface area contributed by atoms with Crippen LogP contribution in [0.5, 0.6) is 0 Å². The molecule has 2 aromatic rings. The van der Waals surface area contributed by atoms with Crippen molar-refractivity contribution in [3.05, 3.63) is 59.8 Å². The maximum atomic E-state index is 9.14. The lowest BCUT2D eigenvalue weighted by Crippen LogP contribution is -2.45. The average molecular weight is 402 g/mol. The van der Waals surface area contributed by atoms with E-state index in [2.05, 4.69) is 37.4 Å². The maximum absolute atomic E-state index is 9.14. The maximum Gasteiger partial charge on any atom is 0.150 e. The fourth-order valence-electron chi connectivity index (χ4n) is 4.00. The Hall–Kier alpha value is -3.40. The summed E-state index contributed by atoms with van der Waals surface area (Å²) in [4.78, 5) is 18.2. The SMILES string of the molecule is C=C(N=Cc1cccc(C)c1N)N1CC(c2nccnc2N2CCC(C#N)CC2)C1. The number of hydrogen-bond donors (Lipinski definition) is 1. The summed E-state index contributed by atoms with van der Waals surface area (Å²) < 4.78 is 0. The van der Waals surface area contributed by atoms with E-state index >= 15 is 0 Å². The first-order valence-electron chi connectivity index (χ1n) is 10.3. The van der Waals surface area contributed by atoms with Crippen molar-refractivity contribution in [2.75, 3.05) is 36.8 Å². The highest BCUT2D eigenvalue weighted by atomic mass is 15.3. The Bertz CT molecular complexity index is 993. The van der Waals surface area contributed by atoms with E-state index in [9.17, 15) is 0 Å². The Morgan fingerprint density at radius 1 is 1.27 bits per heavy atom. The van der Waals surface area contributed by atoms with Gasteiger partial charge in [-0.3, -0.25) is 4.98 Å². The molecule has 1 aromatic heterocycles. The van der Waals surface area contributed by atoms with Gasteiger partial charge in [0, 0.05) is 67.9 Å². The molecule has 0 atom stereocenters. The number of aryl methyl sites for hydroxylation is 1. The first-order valence-corrected chi connectivity index (χ1v) is 10.3. The van der Waals surface area contributed by atoms with Gasteiger partial charge in [0.15, 0.2) is 5.82 Å². The number of benzene rings is 1. The molecule has 30 heavy (non-hydrogen) atoms. The van der Waals surface area contributed by atoms with Crippen LogP contribution in [0.3, 0.4) is 0 Å². The minimum atomic E-state index is 0.157. The molecule has 3 heterocycles. The predicted molar refractivity (Wildman–Crippen MR) is 119 cm³/mol. The van der Waals surface area contributed by atoms with E-state index in [4.69, 9.17) is 11.0 Å². The molecule has 2 N–H and O–H groups in total. The molecule has 0 radical (unpaired) electrons. The topological polar surface area (TPSA) is 94.4 Å². The Kier molecular flexibility index (Phi) is 5.66. The fourth-order valence-corrected chi connectivity index (χ4v) is 4.00. The van der Waals surface area contributed by atoms with Gasteiger partial charge < -0.3 is 15.5 Å². The summed E-state index contributed by atoms with van der Waals surface area (Å²) in [6.07, 6.45) is 7.07. The van der Waals surface area contributed by atoms with Crippen LogP contribution in [0.25, 0.3) is 0 Å². The average Bonchev–Trinajstić information content (AvgIpc) is 2.74. The molecule has 0 amide bonds. The molecular formula is C23H27N7. The molecule has 2 aliphatic rings. The van der Waals surface area contributed by atoms with Crippen LogP contribution in [0, 0.1) is 24.2 Å². The van der Waals surface area contributed by atoms with Crippen molar-refractivity contribution in [1.82, 2.24) is 14.9 Å². The lowest BCUT2D eigenvalue weighted by Gasteiger charge is -2.41. The summed E-state index contributed by atoms with van der Waals surface area (Å²) in [7, 11) is 0. The van der Waals surface area contributed by atoms with E-state index in [0.717, 1.165) is 73.2 Å². The number of likely N-dealkylation sites (tertiary alicyclic amines) is 1. The molecule has 0 bridgehead atoms. The molecule has 0 saturated carbocycles. The van der Waals surface area contributed by atoms with Gasteiger partial charge in [-0.25, -0.2) is 9.98 Å². The Morgan fingerprint density at radius 2 is 2.00 bits per heavy atom. The lowest BCUT2D eigenvalue weighted by molar-refractivity contribution is 0.195. The zero-order valence-electron chi connectivity index (χ0n) is 17.3. The summed E-state index contributed by atoms with van der Waals surface area (Å²) in [6.45, 7) is 9.45. The molecule has 7 heteroatoms. The van der Waals surface area contributed by atoms with E-state index in [1.165, 1.54) is 0 Å². The first kappa shape index (κ1) is 19.9. The van der Waals surface area contributed by atoms with E-state index in [1.54, 1.807) is 18.6 Å². The number of piperidine rings is 1. The number of hydrogen-bond acceptors (Lipinski definition) is 7. The van der Waals surface area contributed by atoms with Gasteiger partial charge in [-0.2, -0.15) is 5.26 Å². The second-order valence-corrected chi connectivity index (χ2v) is 8.01. The molecule has 2 saturated heterocycles. The number of aliphatic imine (C=N–C) groups is 1. The van der Waals surface area contributed by atoms with Crippen LogP contribution in [0.4, 0.5) is 11.5 Å². The monoisotopic (exact) mass is 401 g/mol. The standard InChI is InChI=1S/C23H27N7/c1-16-4-3-5-19(21(16)25)13-28-17(2)30-14-20(15-30)22-23(27-9-8-26-22)29-10-6-18(12-24)7-11-29/h3-5,8-9,13,18,20H,2,6-7,10-11,14-15,25H2,1H3. The number of nitrogens with zero attached hydrogens (tertiary/aromatic N) is 6. The van der Waals surface area contributed by atoms with Crippen molar-refractivity contribution in [3.63, 3.8) is 0 Å². The predicted octanol–water partition coefficient (Wildman–Crippen LogP) is 3.10. The third-order valence-corrected chi connectivity index (χ3v) is 6.03. The lowest BCUT2D eigenvalue weighted by atomic mass is 9.94. The van der Waals surface area contributed by atoms with Gasteiger partial charge in [-0.1, -0.05) is 24.8 Å². The van der Waals surface area contributed by atoms with Crippen molar-refractivity contribution < 1.29 is 0 Å². The van der Waals surface area contributed by atoms with E-state index in [-0.39, 0.29) is 5.92 Å². The summed E-state index contributed by atoms with van der Waals surface area (Å²) >= 11 is 0. The molecule has 4 rings (SSSR count). The minimum absolute atomic E-state index is 0.157. The van der Waals surface area contributed by atoms with Gasteiger partial charge >= 0.3 is 0 Å². The summed E-state index contributed by atoms with van der Waals surface area (Å²) in [5.74, 6) is 2.15. The number of nitrogen functional groups attached to an aromatic ring is 1. The van der Waals surface area contributed by atoms with Crippen molar-refractivity contribution in [1.29, 1.82) is 5.26 Å². The molecule has 2 fully saturated rings. The minimum Gasteiger partial charge on any atom is -0.398 e. The van der Waals surface area contributed by atoms with Gasteiger partial charge in [0.1, 0.15) is 5.82 Å². The van der Waals surface area contributed by atoms with Crippen molar-refractivity contribution in [2.45, 2.75) is 25.7 Å². The van der Waals surface area contributed by atoms with Gasteiger partial charge in [0.2, 0.25) is 0 Å². The third-order valence-electron chi connectivity index (χ3n) is 6.03. The second kappa shape index (κ2) is 8.54. The van der Waals surface area contributed by atoms with Crippen LogP contribution >= 0.6 is 0 Å². The van der Waals surface area contributed by atoms with Gasteiger partial charge in [0.05, 0.1) is 11.8 Å². The molecule has 0 spiro atoms. The molecule has 154 valence electrons. The van der Waals surface area contributed by atoms with Crippen LogP contribution in [0.2, 0.25) is 0 Å². The third kappa shape index (κ3) is 3.99. The van der Waals surface area contributed by atoms with Crippen molar-refractivity contribution >= 4 is 17.7 Å². The van der Waals surface area contributed by atoms with Crippen LogP contribution in [0.1, 0.15) is 35.6 Å². The quantitative estimate of drug-likeness (QED) is 0.611. The summed E-state index contributed by atoms with van der Waals surface area (Å²) in [6, 6.07) is 8.31. The van der Waals surface area contributed by atoms with Gasteiger partial charge in [0.25, 0.3) is 0 Å². The van der Waals surface area contributed by atoms with Crippen molar-refractivity contribution in [3.8, 4) is 6.07 Å². The Labute approximate surface area is 177 Å². The Balaban J connectivity index is 1.39. The molecule has 0 unspecified atom stereocenters. The smallest absolute Gasteiger partial charge is 0.150 e.